The lowest BCUT2D eigenvalue weighted by molar-refractivity contribution is 0.0457. The Bertz CT molecular complexity index is 1560. The van der Waals surface area contributed by atoms with Crippen molar-refractivity contribution in [3.63, 3.8) is 0 Å². The number of nitrogens with one attached hydrogen (secondary N) is 1. The predicted molar refractivity (Wildman–Crippen MR) is 180 cm³/mol. The summed E-state index contributed by atoms with van der Waals surface area (Å²) < 4.78 is 36.4. The van der Waals surface area contributed by atoms with Gasteiger partial charge in [0.25, 0.3) is 5.91 Å². The van der Waals surface area contributed by atoms with Crippen molar-refractivity contribution in [3.05, 3.63) is 70.3 Å². The Labute approximate surface area is 273 Å². The Kier molecular flexibility index (Phi) is 9.30. The van der Waals surface area contributed by atoms with E-state index in [1.54, 1.807) is 18.2 Å². The fourth-order valence-electron chi connectivity index (χ4n) is 7.66. The molecule has 2 bridgehead atoms. The van der Waals surface area contributed by atoms with Crippen LogP contribution >= 0.6 is 11.6 Å². The number of fused-ring (bicyclic) bond motifs is 2. The second-order valence-electron chi connectivity index (χ2n) is 14.3. The molecule has 0 saturated heterocycles. The van der Waals surface area contributed by atoms with Crippen LogP contribution in [0.2, 0.25) is 5.02 Å². The van der Waals surface area contributed by atoms with Gasteiger partial charge in [0.2, 0.25) is 10.0 Å². The SMILES string of the molecule is CCCc1cc(Cl)ccc1[C@]1(C)COc2ccc3cc2N(C[C@@H]2CC[C@H]2[C@@H](O)C=CC[C@@H](C)[C@@H](CC2CC2)S(=O)(=O)NC3=O)C1. The molecule has 1 amide bonds. The number of allylic oxidation sites excluding steroid dienone is 1. The van der Waals surface area contributed by atoms with Gasteiger partial charge in [0.15, 0.2) is 0 Å². The van der Waals surface area contributed by atoms with Crippen LogP contribution in [0.5, 0.6) is 5.75 Å². The topological polar surface area (TPSA) is 95.9 Å². The molecule has 6 atom stereocenters. The first-order chi connectivity index (χ1) is 21.5. The number of sulfonamides is 1. The average molecular weight is 655 g/mol. The molecular formula is C36H47ClN2O5S. The normalized spacial score (nSPS) is 31.6. The zero-order chi connectivity index (χ0) is 31.9. The van der Waals surface area contributed by atoms with E-state index >= 15 is 0 Å². The maximum Gasteiger partial charge on any atom is 0.264 e. The number of nitrogens with zero attached hydrogens (tertiary/aromatic N) is 1. The smallest absolute Gasteiger partial charge is 0.264 e. The van der Waals surface area contributed by atoms with Gasteiger partial charge >= 0.3 is 0 Å². The average Bonchev–Trinajstić information content (AvgIpc) is 3.81. The van der Waals surface area contributed by atoms with E-state index in [0.29, 0.717) is 54.8 Å². The number of aryl methyl sites for hydroxylation is 1. The molecule has 0 aromatic heterocycles. The number of rotatable bonds is 5. The van der Waals surface area contributed by atoms with E-state index in [-0.39, 0.29) is 23.2 Å². The molecule has 45 heavy (non-hydrogen) atoms. The molecule has 0 unspecified atom stereocenters. The Morgan fingerprint density at radius 2 is 1.93 bits per heavy atom. The quantitative estimate of drug-likeness (QED) is 0.350. The first kappa shape index (κ1) is 32.4. The van der Waals surface area contributed by atoms with Crippen LogP contribution in [0.1, 0.15) is 87.2 Å². The molecule has 2 N–H and O–H groups in total. The van der Waals surface area contributed by atoms with Crippen molar-refractivity contribution >= 4 is 33.2 Å². The summed E-state index contributed by atoms with van der Waals surface area (Å²) >= 11 is 6.44. The van der Waals surface area contributed by atoms with Crippen molar-refractivity contribution in [2.75, 3.05) is 24.6 Å². The molecule has 2 saturated carbocycles. The number of carbonyl (C=O) groups excluding carboxylic acids is 1. The van der Waals surface area contributed by atoms with Gasteiger partial charge in [-0.05, 0) is 97.2 Å². The van der Waals surface area contributed by atoms with E-state index in [4.69, 9.17) is 16.3 Å². The fourth-order valence-corrected chi connectivity index (χ4v) is 9.63. The zero-order valence-electron chi connectivity index (χ0n) is 26.7. The first-order valence-electron chi connectivity index (χ1n) is 16.7. The number of hydrogen-bond acceptors (Lipinski definition) is 6. The van der Waals surface area contributed by atoms with E-state index in [9.17, 15) is 18.3 Å². The van der Waals surface area contributed by atoms with Crippen molar-refractivity contribution in [2.45, 2.75) is 88.9 Å². The third-order valence-electron chi connectivity index (χ3n) is 10.6. The van der Waals surface area contributed by atoms with Gasteiger partial charge in [-0.25, -0.2) is 13.1 Å². The van der Waals surface area contributed by atoms with Gasteiger partial charge in [-0.15, -0.1) is 0 Å². The number of carbonyl (C=O) groups is 1. The summed E-state index contributed by atoms with van der Waals surface area (Å²) in [4.78, 5) is 15.9. The van der Waals surface area contributed by atoms with Crippen LogP contribution in [0.25, 0.3) is 0 Å². The molecule has 7 nitrogen and oxygen atoms in total. The number of benzene rings is 2. The fraction of sp³-hybridized carbons (Fsp3) is 0.583. The zero-order valence-corrected chi connectivity index (χ0v) is 28.2. The number of halogens is 1. The van der Waals surface area contributed by atoms with Gasteiger partial charge in [0.05, 0.1) is 23.6 Å². The van der Waals surface area contributed by atoms with Crippen molar-refractivity contribution in [2.24, 2.45) is 23.7 Å². The van der Waals surface area contributed by atoms with Crippen LogP contribution in [0.15, 0.2) is 48.6 Å². The maximum absolute atomic E-state index is 13.7. The maximum atomic E-state index is 13.7. The molecule has 2 aromatic rings. The minimum atomic E-state index is -3.94. The molecular weight excluding hydrogens is 608 g/mol. The van der Waals surface area contributed by atoms with E-state index in [2.05, 4.69) is 35.6 Å². The van der Waals surface area contributed by atoms with Crippen LogP contribution in [0.3, 0.4) is 0 Å². The van der Waals surface area contributed by atoms with Crippen LogP contribution in [0.4, 0.5) is 5.69 Å². The lowest BCUT2D eigenvalue weighted by Crippen LogP contribution is -2.47. The van der Waals surface area contributed by atoms with Crippen LogP contribution in [-0.4, -0.2) is 50.5 Å². The Balaban J connectivity index is 1.40. The van der Waals surface area contributed by atoms with E-state index in [1.165, 1.54) is 11.1 Å². The standard InChI is InChI=1S/C36H47ClN2O5S/c1-4-6-25-18-28(37)13-15-30(25)36(3)21-39-20-27-11-14-29(27)32(40)8-5-7-23(2)34(17-24-9-10-24)45(42,43)38-35(41)26-12-16-33(44-22-36)31(39)19-26/h5,8,12-13,15-16,18-19,23-24,27,29,32,34,40H,4,6-7,9-11,14,17,20-22H2,1-3H3,(H,38,41)/t23-,27+,29-,32+,34-,36+/m1/s1. The second-order valence-corrected chi connectivity index (χ2v) is 16.6. The summed E-state index contributed by atoms with van der Waals surface area (Å²) in [6, 6.07) is 11.4. The minimum absolute atomic E-state index is 0.118. The predicted octanol–water partition coefficient (Wildman–Crippen LogP) is 6.66. The number of hydrogen-bond donors (Lipinski definition) is 2. The van der Waals surface area contributed by atoms with Gasteiger partial charge in [0, 0.05) is 29.1 Å². The molecule has 2 aliphatic heterocycles. The highest BCUT2D eigenvalue weighted by Crippen LogP contribution is 2.44. The summed E-state index contributed by atoms with van der Waals surface area (Å²) in [5, 5.41) is 11.3. The molecule has 2 heterocycles. The third-order valence-corrected chi connectivity index (χ3v) is 12.8. The summed E-state index contributed by atoms with van der Waals surface area (Å²) in [6.07, 6.45) is 10.2. The van der Waals surface area contributed by atoms with E-state index < -0.39 is 27.3 Å². The summed E-state index contributed by atoms with van der Waals surface area (Å²) in [5.41, 5.74) is 3.09. The van der Waals surface area contributed by atoms with Crippen LogP contribution in [-0.2, 0) is 21.9 Å². The van der Waals surface area contributed by atoms with Gasteiger partial charge in [-0.1, -0.05) is 69.9 Å². The van der Waals surface area contributed by atoms with Crippen molar-refractivity contribution in [1.82, 2.24) is 4.72 Å². The third kappa shape index (κ3) is 6.93. The lowest BCUT2D eigenvalue weighted by atomic mass is 9.70. The van der Waals surface area contributed by atoms with Gasteiger partial charge in [0.1, 0.15) is 5.75 Å². The van der Waals surface area contributed by atoms with E-state index in [1.807, 2.05) is 25.1 Å². The minimum Gasteiger partial charge on any atom is -0.490 e. The van der Waals surface area contributed by atoms with Gasteiger partial charge in [-0.3, -0.25) is 4.79 Å². The highest BCUT2D eigenvalue weighted by molar-refractivity contribution is 7.90. The lowest BCUT2D eigenvalue weighted by Gasteiger charge is -2.44. The second kappa shape index (κ2) is 12.9. The van der Waals surface area contributed by atoms with Crippen molar-refractivity contribution < 1.29 is 23.1 Å². The number of aliphatic hydroxyl groups excluding tert-OH is 1. The van der Waals surface area contributed by atoms with Crippen molar-refractivity contribution in [1.29, 1.82) is 0 Å². The molecule has 0 radical (unpaired) electrons. The summed E-state index contributed by atoms with van der Waals surface area (Å²) in [5.74, 6) is 0.634. The highest BCUT2D eigenvalue weighted by atomic mass is 35.5. The van der Waals surface area contributed by atoms with Crippen LogP contribution in [0, 0.1) is 23.7 Å². The van der Waals surface area contributed by atoms with Crippen LogP contribution < -0.4 is 14.4 Å². The summed E-state index contributed by atoms with van der Waals surface area (Å²) in [6.45, 7) is 8.09. The number of aliphatic hydroxyl groups is 1. The molecule has 6 rings (SSSR count). The molecule has 4 aliphatic rings. The van der Waals surface area contributed by atoms with Crippen molar-refractivity contribution in [3.8, 4) is 5.75 Å². The largest absolute Gasteiger partial charge is 0.490 e. The Morgan fingerprint density at radius 1 is 1.13 bits per heavy atom. The molecule has 244 valence electrons. The Hall–Kier alpha value is -2.55. The number of amides is 1. The molecule has 2 fully saturated rings. The van der Waals surface area contributed by atoms with Gasteiger partial charge < -0.3 is 14.7 Å². The molecule has 9 heteroatoms. The highest BCUT2D eigenvalue weighted by Gasteiger charge is 2.42. The number of ether oxygens (including phenoxy) is 1. The van der Waals surface area contributed by atoms with Gasteiger partial charge in [-0.2, -0.15) is 0 Å². The first-order valence-corrected chi connectivity index (χ1v) is 18.6. The van der Waals surface area contributed by atoms with E-state index in [0.717, 1.165) is 44.2 Å². The monoisotopic (exact) mass is 654 g/mol. The molecule has 0 spiro atoms. The Morgan fingerprint density at radius 3 is 2.64 bits per heavy atom. The molecule has 2 aliphatic carbocycles. The molecule has 2 aromatic carbocycles. The number of anilines is 1. The summed E-state index contributed by atoms with van der Waals surface area (Å²) in [7, 11) is -3.94.